The van der Waals surface area contributed by atoms with Gasteiger partial charge in [0.2, 0.25) is 0 Å². The third kappa shape index (κ3) is 3.84. The smallest absolute Gasteiger partial charge is 0.305 e. The van der Waals surface area contributed by atoms with Crippen LogP contribution in [-0.4, -0.2) is 30.9 Å². The Morgan fingerprint density at radius 1 is 1.06 bits per heavy atom. The molecule has 0 aromatic carbocycles. The summed E-state index contributed by atoms with van der Waals surface area (Å²) in [5, 5.41) is 0. The van der Waals surface area contributed by atoms with Crippen LogP contribution in [0.25, 0.3) is 0 Å². The number of hydrogen-bond acceptors (Lipinski definition) is 5. The molecule has 8 atom stereocenters. The molecule has 0 spiro atoms. The van der Waals surface area contributed by atoms with Crippen LogP contribution >= 0.6 is 0 Å². The van der Waals surface area contributed by atoms with Gasteiger partial charge in [0.05, 0.1) is 7.11 Å². The van der Waals surface area contributed by atoms with Gasteiger partial charge >= 0.3 is 11.9 Å². The summed E-state index contributed by atoms with van der Waals surface area (Å²) in [6, 6.07) is 0. The summed E-state index contributed by atoms with van der Waals surface area (Å²) in [7, 11) is 1.44. The van der Waals surface area contributed by atoms with Crippen molar-refractivity contribution in [2.75, 3.05) is 7.11 Å². The fourth-order valence-corrected chi connectivity index (χ4v) is 8.44. The van der Waals surface area contributed by atoms with Crippen molar-refractivity contribution < 1.29 is 23.9 Å². The number of hydrogen-bond donors (Lipinski definition) is 0. The predicted molar refractivity (Wildman–Crippen MR) is 117 cm³/mol. The fourth-order valence-electron chi connectivity index (χ4n) is 8.44. The van der Waals surface area contributed by atoms with Crippen molar-refractivity contribution in [3.8, 4) is 0 Å². The molecule has 0 bridgehead atoms. The topological polar surface area (TPSA) is 69.7 Å². The number of ketones is 1. The number of rotatable bonds is 5. The van der Waals surface area contributed by atoms with E-state index in [0.717, 1.165) is 51.4 Å². The summed E-state index contributed by atoms with van der Waals surface area (Å²) >= 11 is 0. The lowest BCUT2D eigenvalue weighted by atomic mass is 9.44. The Hall–Kier alpha value is -1.39. The van der Waals surface area contributed by atoms with E-state index < -0.39 is 0 Å². The summed E-state index contributed by atoms with van der Waals surface area (Å²) in [6.45, 7) is 6.18. The van der Waals surface area contributed by atoms with Crippen LogP contribution in [0.15, 0.2) is 0 Å². The van der Waals surface area contributed by atoms with E-state index in [4.69, 9.17) is 9.47 Å². The van der Waals surface area contributed by atoms with Crippen molar-refractivity contribution in [1.29, 1.82) is 0 Å². The maximum atomic E-state index is 13.7. The molecule has 4 saturated carbocycles. The third-order valence-corrected chi connectivity index (χ3v) is 10.2. The van der Waals surface area contributed by atoms with Crippen LogP contribution in [0.2, 0.25) is 0 Å². The van der Waals surface area contributed by atoms with Crippen LogP contribution in [0.3, 0.4) is 0 Å². The first-order valence-electron chi connectivity index (χ1n) is 12.5. The molecule has 5 nitrogen and oxygen atoms in total. The van der Waals surface area contributed by atoms with Crippen molar-refractivity contribution in [3.05, 3.63) is 0 Å². The van der Waals surface area contributed by atoms with Gasteiger partial charge < -0.3 is 9.47 Å². The van der Waals surface area contributed by atoms with Crippen molar-refractivity contribution in [3.63, 3.8) is 0 Å². The number of carbonyl (C=O) groups excluding carboxylic acids is 3. The molecule has 0 aliphatic heterocycles. The Balaban J connectivity index is 1.47. The first-order valence-corrected chi connectivity index (χ1v) is 12.5. The molecule has 174 valence electrons. The van der Waals surface area contributed by atoms with Gasteiger partial charge in [-0.3, -0.25) is 14.4 Å². The van der Waals surface area contributed by atoms with E-state index in [9.17, 15) is 14.4 Å². The molecule has 4 fully saturated rings. The first kappa shape index (κ1) is 22.8. The van der Waals surface area contributed by atoms with Crippen LogP contribution in [0.5, 0.6) is 0 Å². The molecule has 31 heavy (non-hydrogen) atoms. The summed E-state index contributed by atoms with van der Waals surface area (Å²) in [5.74, 6) is 2.72. The Bertz CT molecular complexity index is 731. The molecule has 0 radical (unpaired) electrons. The van der Waals surface area contributed by atoms with Gasteiger partial charge in [-0.15, -0.1) is 0 Å². The maximum Gasteiger partial charge on any atom is 0.305 e. The zero-order valence-corrected chi connectivity index (χ0v) is 19.8. The van der Waals surface area contributed by atoms with Gasteiger partial charge in [0.25, 0.3) is 0 Å². The van der Waals surface area contributed by atoms with Gasteiger partial charge in [0.1, 0.15) is 11.9 Å². The molecule has 0 saturated heterocycles. The van der Waals surface area contributed by atoms with Crippen LogP contribution in [0.4, 0.5) is 0 Å². The Labute approximate surface area is 187 Å². The van der Waals surface area contributed by atoms with E-state index in [1.54, 1.807) is 0 Å². The highest BCUT2D eigenvalue weighted by atomic mass is 16.5. The van der Waals surface area contributed by atoms with E-state index in [0.29, 0.717) is 41.8 Å². The number of esters is 2. The molecule has 4 rings (SSSR count). The lowest BCUT2D eigenvalue weighted by Gasteiger charge is -2.60. The van der Waals surface area contributed by atoms with Crippen LogP contribution in [0.1, 0.15) is 91.4 Å². The first-order chi connectivity index (χ1) is 14.7. The summed E-state index contributed by atoms with van der Waals surface area (Å²) in [5.41, 5.74) is -0.0189. The molecule has 0 aromatic heterocycles. The van der Waals surface area contributed by atoms with Crippen molar-refractivity contribution >= 4 is 17.7 Å². The van der Waals surface area contributed by atoms with Gasteiger partial charge in [0, 0.05) is 25.2 Å². The van der Waals surface area contributed by atoms with Crippen molar-refractivity contribution in [1.82, 2.24) is 0 Å². The third-order valence-electron chi connectivity index (χ3n) is 10.2. The minimum Gasteiger partial charge on any atom is -0.469 e. The van der Waals surface area contributed by atoms with E-state index >= 15 is 0 Å². The number of Topliss-reactive ketones (excluding diaryl/α,β-unsaturated/α-hetero) is 1. The molecule has 0 heterocycles. The Morgan fingerprint density at radius 3 is 2.55 bits per heavy atom. The highest BCUT2D eigenvalue weighted by Crippen LogP contribution is 2.66. The summed E-state index contributed by atoms with van der Waals surface area (Å²) < 4.78 is 10.4. The SMILES string of the molecule is COC(=O)CCC[C@H]1CCC2C3CC[C@@H]4C[C@H](OC(C)=O)CC[C@]4(C)C3CC(=O)[C@@]21C. The highest BCUT2D eigenvalue weighted by Gasteiger charge is 2.63. The van der Waals surface area contributed by atoms with E-state index in [1.165, 1.54) is 26.9 Å². The fraction of sp³-hybridized carbons (Fsp3) is 0.885. The van der Waals surface area contributed by atoms with Gasteiger partial charge in [0.15, 0.2) is 0 Å². The number of ether oxygens (including phenoxy) is 2. The lowest BCUT2D eigenvalue weighted by Crippen LogP contribution is -2.57. The highest BCUT2D eigenvalue weighted by molar-refractivity contribution is 5.87. The Morgan fingerprint density at radius 2 is 1.84 bits per heavy atom. The van der Waals surface area contributed by atoms with Crippen LogP contribution in [-0.2, 0) is 23.9 Å². The molecule has 0 N–H and O–H groups in total. The molecule has 4 aliphatic carbocycles. The van der Waals surface area contributed by atoms with Gasteiger partial charge in [-0.2, -0.15) is 0 Å². The number of methoxy groups -OCH3 is 1. The molecular weight excluding hydrogens is 392 g/mol. The minimum atomic E-state index is -0.213. The Kier molecular flexibility index (Phi) is 6.26. The van der Waals surface area contributed by atoms with Crippen LogP contribution < -0.4 is 0 Å². The van der Waals surface area contributed by atoms with Crippen molar-refractivity contribution in [2.24, 2.45) is 40.4 Å². The van der Waals surface area contributed by atoms with E-state index in [-0.39, 0.29) is 28.9 Å². The van der Waals surface area contributed by atoms with Gasteiger partial charge in [-0.25, -0.2) is 0 Å². The standard InChI is InChI=1S/C26H40O5/c1-16(27)31-19-12-13-25(2)18(14-19)8-10-20-21-11-9-17(6-5-7-24(29)30-4)26(21,3)23(28)15-22(20)25/h17-22H,5-15H2,1-4H3/t17-,18+,19+,20?,21?,22?,25-,26+/m0/s1. The molecular formula is C26H40O5. The second kappa shape index (κ2) is 8.51. The lowest BCUT2D eigenvalue weighted by molar-refractivity contribution is -0.166. The molecule has 0 aromatic rings. The van der Waals surface area contributed by atoms with Gasteiger partial charge in [-0.1, -0.05) is 13.8 Å². The largest absolute Gasteiger partial charge is 0.469 e. The molecule has 0 amide bonds. The monoisotopic (exact) mass is 432 g/mol. The van der Waals surface area contributed by atoms with Crippen molar-refractivity contribution in [2.45, 2.75) is 97.5 Å². The van der Waals surface area contributed by atoms with Crippen LogP contribution in [0, 0.1) is 40.4 Å². The second-order valence-electron chi connectivity index (χ2n) is 11.3. The summed E-state index contributed by atoms with van der Waals surface area (Å²) in [6.07, 6.45) is 10.6. The number of carbonyl (C=O) groups is 3. The predicted octanol–water partition coefficient (Wildman–Crippen LogP) is 5.10. The maximum absolute atomic E-state index is 13.7. The molecule has 5 heteroatoms. The minimum absolute atomic E-state index is 0.0577. The van der Waals surface area contributed by atoms with Gasteiger partial charge in [-0.05, 0) is 92.8 Å². The zero-order chi connectivity index (χ0) is 22.4. The molecule has 3 unspecified atom stereocenters. The van der Waals surface area contributed by atoms with E-state index in [2.05, 4.69) is 13.8 Å². The van der Waals surface area contributed by atoms with E-state index in [1.807, 2.05) is 0 Å². The normalized spacial score (nSPS) is 44.1. The quantitative estimate of drug-likeness (QED) is 0.565. The zero-order valence-electron chi connectivity index (χ0n) is 19.8. The summed E-state index contributed by atoms with van der Waals surface area (Å²) in [4.78, 5) is 36.7. The molecule has 4 aliphatic rings. The number of fused-ring (bicyclic) bond motifs is 5. The average Bonchev–Trinajstić information content (AvgIpc) is 3.06. The average molecular weight is 433 g/mol. The second-order valence-corrected chi connectivity index (χ2v) is 11.3.